The second kappa shape index (κ2) is 11.0. The number of rotatable bonds is 7. The van der Waals surface area contributed by atoms with E-state index in [1.807, 2.05) is 30.3 Å². The van der Waals surface area contributed by atoms with Gasteiger partial charge in [0.15, 0.2) is 15.8 Å². The quantitative estimate of drug-likeness (QED) is 0.244. The lowest BCUT2D eigenvalue weighted by molar-refractivity contribution is -0.113. The number of halogens is 1. The molecule has 3 aromatic rings. The van der Waals surface area contributed by atoms with Crippen LogP contribution in [-0.4, -0.2) is 24.4 Å². The minimum atomic E-state index is -0.222. The fourth-order valence-electron chi connectivity index (χ4n) is 3.44. The summed E-state index contributed by atoms with van der Waals surface area (Å²) in [6, 6.07) is 20.2. The third-order valence-electron chi connectivity index (χ3n) is 5.14. The molecule has 1 saturated heterocycles. The molecule has 0 aromatic heterocycles. The molecule has 1 amide bonds. The molecule has 1 heterocycles. The van der Waals surface area contributed by atoms with Gasteiger partial charge in [0.1, 0.15) is 12.4 Å². The first-order valence-electron chi connectivity index (χ1n) is 10.4. The average Bonchev–Trinajstić information content (AvgIpc) is 3.15. The van der Waals surface area contributed by atoms with E-state index in [0.29, 0.717) is 48.8 Å². The van der Waals surface area contributed by atoms with Crippen molar-refractivity contribution in [3.05, 3.63) is 86.7 Å². The van der Waals surface area contributed by atoms with Gasteiger partial charge in [0.05, 0.1) is 40.9 Å². The highest BCUT2D eigenvalue weighted by Gasteiger charge is 2.35. The van der Waals surface area contributed by atoms with Crippen molar-refractivity contribution >= 4 is 61.9 Å². The molecule has 35 heavy (non-hydrogen) atoms. The van der Waals surface area contributed by atoms with Crippen LogP contribution >= 0.6 is 39.9 Å². The number of benzene rings is 3. The topological polar surface area (TPSA) is 71.8 Å². The lowest BCUT2D eigenvalue weighted by Crippen LogP contribution is -2.27. The monoisotopic (exact) mass is 566 g/mol. The van der Waals surface area contributed by atoms with Gasteiger partial charge in [0.2, 0.25) is 0 Å². The molecule has 4 rings (SSSR count). The van der Waals surface area contributed by atoms with E-state index in [1.165, 1.54) is 16.7 Å². The maximum Gasteiger partial charge on any atom is 0.270 e. The number of hydrogen-bond donors (Lipinski definition) is 0. The standard InChI is InChI=1S/C26H19BrN2O4S2/c1-31-21-6-4-3-5-20(21)29-25(30)23(35-26(29)34)13-18-11-19(27)24(22(12-18)32-2)33-15-17-9-7-16(14-28)8-10-17/h3-13H,15H2,1-2H3/b23-13+. The van der Waals surface area contributed by atoms with Crippen LogP contribution in [0.5, 0.6) is 17.2 Å². The Hall–Kier alpha value is -3.32. The van der Waals surface area contributed by atoms with E-state index >= 15 is 0 Å². The van der Waals surface area contributed by atoms with Crippen LogP contribution in [0, 0.1) is 11.3 Å². The fraction of sp³-hybridized carbons (Fsp3) is 0.115. The third kappa shape index (κ3) is 5.35. The second-order valence-electron chi connectivity index (χ2n) is 7.32. The van der Waals surface area contributed by atoms with Crippen LogP contribution in [0.1, 0.15) is 16.7 Å². The number of hydrogen-bond acceptors (Lipinski definition) is 7. The van der Waals surface area contributed by atoms with Gasteiger partial charge in [0, 0.05) is 0 Å². The van der Waals surface area contributed by atoms with E-state index in [9.17, 15) is 4.79 Å². The number of thioether (sulfide) groups is 1. The predicted octanol–water partition coefficient (Wildman–Crippen LogP) is 6.32. The van der Waals surface area contributed by atoms with Gasteiger partial charge in [-0.1, -0.05) is 48.2 Å². The van der Waals surface area contributed by atoms with Crippen LogP contribution < -0.4 is 19.1 Å². The Kier molecular flexibility index (Phi) is 7.76. The van der Waals surface area contributed by atoms with E-state index < -0.39 is 0 Å². The Morgan fingerprint density at radius 1 is 1.09 bits per heavy atom. The summed E-state index contributed by atoms with van der Waals surface area (Å²) in [7, 11) is 3.11. The highest BCUT2D eigenvalue weighted by Crippen LogP contribution is 2.42. The first-order valence-corrected chi connectivity index (χ1v) is 12.4. The molecule has 176 valence electrons. The highest BCUT2D eigenvalue weighted by atomic mass is 79.9. The number of anilines is 1. The Labute approximate surface area is 221 Å². The summed E-state index contributed by atoms with van der Waals surface area (Å²) >= 11 is 10.3. The molecular formula is C26H19BrN2O4S2. The van der Waals surface area contributed by atoms with Gasteiger partial charge in [0.25, 0.3) is 5.91 Å². The average molecular weight is 567 g/mol. The van der Waals surface area contributed by atoms with Crippen molar-refractivity contribution in [1.29, 1.82) is 5.26 Å². The first-order chi connectivity index (χ1) is 16.9. The number of nitrogens with zero attached hydrogens (tertiary/aromatic N) is 2. The van der Waals surface area contributed by atoms with Gasteiger partial charge in [-0.3, -0.25) is 9.69 Å². The molecule has 0 saturated carbocycles. The summed E-state index contributed by atoms with van der Waals surface area (Å²) in [6.07, 6.45) is 1.77. The van der Waals surface area contributed by atoms with Crippen LogP contribution in [0.25, 0.3) is 6.08 Å². The van der Waals surface area contributed by atoms with Crippen molar-refractivity contribution in [2.45, 2.75) is 6.61 Å². The number of thiocarbonyl (C=S) groups is 1. The van der Waals surface area contributed by atoms with Crippen LogP contribution in [0.15, 0.2) is 70.0 Å². The van der Waals surface area contributed by atoms with Crippen LogP contribution in [0.3, 0.4) is 0 Å². The SMILES string of the molecule is COc1ccccc1N1C(=O)/C(=C\c2cc(Br)c(OCc3ccc(C#N)cc3)c(OC)c2)SC1=S. The van der Waals surface area contributed by atoms with Gasteiger partial charge in [-0.05, 0) is 69.5 Å². The number of nitriles is 1. The molecule has 1 aliphatic heterocycles. The first kappa shape index (κ1) is 24.8. The molecule has 3 aromatic carbocycles. The number of para-hydroxylation sites is 2. The zero-order valence-electron chi connectivity index (χ0n) is 18.8. The molecule has 0 N–H and O–H groups in total. The maximum atomic E-state index is 13.2. The second-order valence-corrected chi connectivity index (χ2v) is 9.85. The fourth-order valence-corrected chi connectivity index (χ4v) is 5.29. The lowest BCUT2D eigenvalue weighted by atomic mass is 10.1. The molecule has 9 heteroatoms. The van der Waals surface area contributed by atoms with Gasteiger partial charge in [-0.15, -0.1) is 0 Å². The minimum Gasteiger partial charge on any atom is -0.495 e. The summed E-state index contributed by atoms with van der Waals surface area (Å²) in [5, 5.41) is 8.95. The predicted molar refractivity (Wildman–Crippen MR) is 145 cm³/mol. The summed E-state index contributed by atoms with van der Waals surface area (Å²) in [5.74, 6) is 1.40. The maximum absolute atomic E-state index is 13.2. The van der Waals surface area contributed by atoms with Crippen molar-refractivity contribution in [2.24, 2.45) is 0 Å². The van der Waals surface area contributed by atoms with Gasteiger partial charge in [-0.2, -0.15) is 5.26 Å². The Morgan fingerprint density at radius 2 is 1.80 bits per heavy atom. The molecule has 0 radical (unpaired) electrons. The number of carbonyl (C=O) groups is 1. The number of amides is 1. The van der Waals surface area contributed by atoms with Gasteiger partial charge < -0.3 is 14.2 Å². The zero-order valence-corrected chi connectivity index (χ0v) is 22.0. The summed E-state index contributed by atoms with van der Waals surface area (Å²) in [6.45, 7) is 0.303. The van der Waals surface area contributed by atoms with Crippen molar-refractivity contribution in [3.63, 3.8) is 0 Å². The van der Waals surface area contributed by atoms with E-state index in [0.717, 1.165) is 11.1 Å². The molecule has 1 aliphatic rings. The molecule has 0 atom stereocenters. The minimum absolute atomic E-state index is 0.222. The van der Waals surface area contributed by atoms with Crippen molar-refractivity contribution in [3.8, 4) is 23.3 Å². The number of carbonyl (C=O) groups excluding carboxylic acids is 1. The smallest absolute Gasteiger partial charge is 0.270 e. The summed E-state index contributed by atoms with van der Waals surface area (Å²) in [5.41, 5.74) is 2.86. The zero-order chi connectivity index (χ0) is 24.9. The van der Waals surface area contributed by atoms with Crippen molar-refractivity contribution in [1.82, 2.24) is 0 Å². The van der Waals surface area contributed by atoms with Gasteiger partial charge in [-0.25, -0.2) is 0 Å². The molecule has 6 nitrogen and oxygen atoms in total. The summed E-state index contributed by atoms with van der Waals surface area (Å²) < 4.78 is 18.1. The molecule has 1 fully saturated rings. The van der Waals surface area contributed by atoms with E-state index in [2.05, 4.69) is 22.0 Å². The van der Waals surface area contributed by atoms with E-state index in [1.54, 1.807) is 50.6 Å². The third-order valence-corrected chi connectivity index (χ3v) is 7.03. The molecular weight excluding hydrogens is 548 g/mol. The Bertz CT molecular complexity index is 1370. The van der Waals surface area contributed by atoms with Crippen LogP contribution in [0.4, 0.5) is 5.69 Å². The van der Waals surface area contributed by atoms with Crippen LogP contribution in [-0.2, 0) is 11.4 Å². The normalized spacial score (nSPS) is 14.2. The Balaban J connectivity index is 1.58. The van der Waals surface area contributed by atoms with Crippen LogP contribution in [0.2, 0.25) is 0 Å². The molecule has 0 spiro atoms. The number of ether oxygens (including phenoxy) is 3. The largest absolute Gasteiger partial charge is 0.495 e. The molecule has 0 unspecified atom stereocenters. The van der Waals surface area contributed by atoms with Crippen molar-refractivity contribution < 1.29 is 19.0 Å². The molecule has 0 aliphatic carbocycles. The van der Waals surface area contributed by atoms with Gasteiger partial charge >= 0.3 is 0 Å². The Morgan fingerprint density at radius 3 is 2.49 bits per heavy atom. The highest BCUT2D eigenvalue weighted by molar-refractivity contribution is 9.10. The number of methoxy groups -OCH3 is 2. The van der Waals surface area contributed by atoms with E-state index in [-0.39, 0.29) is 5.91 Å². The van der Waals surface area contributed by atoms with E-state index in [4.69, 9.17) is 31.7 Å². The lowest BCUT2D eigenvalue weighted by Gasteiger charge is -2.17. The van der Waals surface area contributed by atoms with Crippen molar-refractivity contribution in [2.75, 3.05) is 19.1 Å². The summed E-state index contributed by atoms with van der Waals surface area (Å²) in [4.78, 5) is 15.2. The molecule has 0 bridgehead atoms.